The van der Waals surface area contributed by atoms with Crippen LogP contribution in [0.5, 0.6) is 0 Å². The monoisotopic (exact) mass is 224 g/mol. The van der Waals surface area contributed by atoms with Crippen molar-refractivity contribution in [1.29, 1.82) is 0 Å². The summed E-state index contributed by atoms with van der Waals surface area (Å²) < 4.78 is 0. The number of aromatic nitrogens is 2. The molecule has 0 atom stereocenters. The van der Waals surface area contributed by atoms with Crippen LogP contribution in [-0.2, 0) is 0 Å². The van der Waals surface area contributed by atoms with Crippen LogP contribution < -0.4 is 10.6 Å². The summed E-state index contributed by atoms with van der Waals surface area (Å²) in [5.41, 5.74) is 7.35. The lowest BCUT2D eigenvalue weighted by Crippen LogP contribution is -2.24. The molecular weight excluding hydrogens is 208 g/mol. The van der Waals surface area contributed by atoms with Gasteiger partial charge in [0.25, 0.3) is 0 Å². The van der Waals surface area contributed by atoms with Crippen molar-refractivity contribution in [2.24, 2.45) is 5.73 Å². The van der Waals surface area contributed by atoms with Crippen LogP contribution in [-0.4, -0.2) is 28.5 Å². The molecule has 0 fully saturated rings. The fourth-order valence-electron chi connectivity index (χ4n) is 1.11. The second-order valence-electron chi connectivity index (χ2n) is 3.54. The maximum atomic E-state index is 5.44. The maximum absolute atomic E-state index is 5.44. The zero-order valence-corrected chi connectivity index (χ0v) is 10.1. The van der Waals surface area contributed by atoms with Crippen molar-refractivity contribution in [3.63, 3.8) is 0 Å². The molecule has 0 radical (unpaired) electrons. The third-order valence-corrected chi connectivity index (χ3v) is 2.47. The Morgan fingerprint density at radius 1 is 1.47 bits per heavy atom. The van der Waals surface area contributed by atoms with E-state index in [1.807, 2.05) is 25.8 Å². The number of aryl methyl sites for hydroxylation is 2. The highest BCUT2D eigenvalue weighted by Gasteiger charge is 2.05. The summed E-state index contributed by atoms with van der Waals surface area (Å²) in [5, 5.41) is 0. The first-order valence-corrected chi connectivity index (χ1v) is 5.21. The summed E-state index contributed by atoms with van der Waals surface area (Å²) >= 11 is 4.83. The second-order valence-corrected chi connectivity index (χ2v) is 4.06. The average molecular weight is 224 g/mol. The summed E-state index contributed by atoms with van der Waals surface area (Å²) in [6, 6.07) is 0. The van der Waals surface area contributed by atoms with Gasteiger partial charge in [0.15, 0.2) is 0 Å². The van der Waals surface area contributed by atoms with Crippen LogP contribution in [0.25, 0.3) is 0 Å². The van der Waals surface area contributed by atoms with Crippen molar-refractivity contribution in [2.75, 3.05) is 18.5 Å². The van der Waals surface area contributed by atoms with Gasteiger partial charge in [0, 0.05) is 20.0 Å². The first-order chi connectivity index (χ1) is 7.00. The van der Waals surface area contributed by atoms with Gasteiger partial charge in [-0.2, -0.15) is 0 Å². The van der Waals surface area contributed by atoms with Crippen LogP contribution in [0.4, 0.5) is 5.82 Å². The molecule has 1 aromatic rings. The first-order valence-electron chi connectivity index (χ1n) is 4.80. The minimum atomic E-state index is 0.527. The zero-order valence-electron chi connectivity index (χ0n) is 9.32. The lowest BCUT2D eigenvalue weighted by Gasteiger charge is -2.17. The lowest BCUT2D eigenvalue weighted by molar-refractivity contribution is 0.878. The van der Waals surface area contributed by atoms with Gasteiger partial charge in [-0.05, 0) is 13.8 Å². The molecule has 15 heavy (non-hydrogen) atoms. The molecule has 4 nitrogen and oxygen atoms in total. The largest absolute Gasteiger partial charge is 0.393 e. The first kappa shape index (κ1) is 11.8. The van der Waals surface area contributed by atoms with Crippen LogP contribution in [0.1, 0.15) is 17.8 Å². The van der Waals surface area contributed by atoms with Crippen molar-refractivity contribution in [1.82, 2.24) is 9.97 Å². The number of anilines is 1. The van der Waals surface area contributed by atoms with Crippen LogP contribution in [0.2, 0.25) is 0 Å². The number of thiocarbonyl (C=S) groups is 1. The van der Waals surface area contributed by atoms with E-state index in [9.17, 15) is 0 Å². The van der Waals surface area contributed by atoms with E-state index in [0.29, 0.717) is 11.4 Å². The van der Waals surface area contributed by atoms with Gasteiger partial charge in [-0.15, -0.1) is 0 Å². The third-order valence-electron chi connectivity index (χ3n) is 2.26. The van der Waals surface area contributed by atoms with E-state index < -0.39 is 0 Å². The standard InChI is InChI=1S/C10H16N4S/c1-7-8(2)13-10(6-12-7)14(3)5-4-9(11)15/h6H,4-5H2,1-3H3,(H2,11,15). The summed E-state index contributed by atoms with van der Waals surface area (Å²) in [6.45, 7) is 4.67. The maximum Gasteiger partial charge on any atom is 0.147 e. The Kier molecular flexibility index (Phi) is 3.96. The number of nitrogens with two attached hydrogens (primary N) is 1. The van der Waals surface area contributed by atoms with Gasteiger partial charge < -0.3 is 10.6 Å². The van der Waals surface area contributed by atoms with Gasteiger partial charge in [0.05, 0.1) is 22.6 Å². The quantitative estimate of drug-likeness (QED) is 0.779. The van der Waals surface area contributed by atoms with Crippen LogP contribution in [0.15, 0.2) is 6.20 Å². The fraction of sp³-hybridized carbons (Fsp3) is 0.500. The Morgan fingerprint density at radius 2 is 2.13 bits per heavy atom. The van der Waals surface area contributed by atoms with Crippen LogP contribution in [0.3, 0.4) is 0 Å². The highest BCUT2D eigenvalue weighted by atomic mass is 32.1. The molecule has 0 saturated carbocycles. The van der Waals surface area contributed by atoms with Gasteiger partial charge in [-0.3, -0.25) is 4.98 Å². The van der Waals surface area contributed by atoms with Gasteiger partial charge >= 0.3 is 0 Å². The van der Waals surface area contributed by atoms with E-state index >= 15 is 0 Å². The molecule has 0 saturated heterocycles. The molecule has 0 unspecified atom stereocenters. The van der Waals surface area contributed by atoms with Crippen molar-refractivity contribution in [3.05, 3.63) is 17.6 Å². The highest BCUT2D eigenvalue weighted by molar-refractivity contribution is 7.80. The van der Waals surface area contributed by atoms with Gasteiger partial charge in [0.2, 0.25) is 0 Å². The summed E-state index contributed by atoms with van der Waals surface area (Å²) in [6.07, 6.45) is 2.46. The SMILES string of the molecule is Cc1ncc(N(C)CCC(N)=S)nc1C. The Morgan fingerprint density at radius 3 is 2.67 bits per heavy atom. The van der Waals surface area contributed by atoms with E-state index in [0.717, 1.165) is 23.8 Å². The van der Waals surface area contributed by atoms with Crippen molar-refractivity contribution < 1.29 is 0 Å². The molecule has 1 heterocycles. The summed E-state index contributed by atoms with van der Waals surface area (Å²) in [7, 11) is 1.96. The molecule has 1 rings (SSSR count). The summed E-state index contributed by atoms with van der Waals surface area (Å²) in [5.74, 6) is 0.856. The number of nitrogens with zero attached hydrogens (tertiary/aromatic N) is 3. The van der Waals surface area contributed by atoms with Crippen LogP contribution >= 0.6 is 12.2 Å². The van der Waals surface area contributed by atoms with Gasteiger partial charge in [-0.1, -0.05) is 12.2 Å². The number of hydrogen-bond acceptors (Lipinski definition) is 4. The Bertz CT molecular complexity index is 364. The van der Waals surface area contributed by atoms with Gasteiger partial charge in [0.1, 0.15) is 5.82 Å². The third kappa shape index (κ3) is 3.43. The molecule has 0 amide bonds. The van der Waals surface area contributed by atoms with E-state index in [1.54, 1.807) is 6.20 Å². The average Bonchev–Trinajstić information content (AvgIpc) is 2.18. The minimum absolute atomic E-state index is 0.527. The topological polar surface area (TPSA) is 55.0 Å². The molecule has 0 spiro atoms. The molecule has 5 heteroatoms. The predicted molar refractivity (Wildman–Crippen MR) is 66.2 cm³/mol. The Hall–Kier alpha value is -1.23. The Balaban J connectivity index is 2.69. The predicted octanol–water partition coefficient (Wildman–Crippen LogP) is 1.21. The van der Waals surface area contributed by atoms with Crippen molar-refractivity contribution >= 4 is 23.0 Å². The molecule has 0 aliphatic rings. The molecule has 0 aromatic carbocycles. The van der Waals surface area contributed by atoms with Gasteiger partial charge in [-0.25, -0.2) is 4.98 Å². The van der Waals surface area contributed by atoms with E-state index in [2.05, 4.69) is 9.97 Å². The molecule has 2 N–H and O–H groups in total. The molecule has 82 valence electrons. The summed E-state index contributed by atoms with van der Waals surface area (Å²) in [4.78, 5) is 11.2. The van der Waals surface area contributed by atoms with E-state index in [-0.39, 0.29) is 0 Å². The van der Waals surface area contributed by atoms with E-state index in [4.69, 9.17) is 18.0 Å². The number of rotatable bonds is 4. The lowest BCUT2D eigenvalue weighted by atomic mass is 10.3. The number of hydrogen-bond donors (Lipinski definition) is 1. The highest BCUT2D eigenvalue weighted by Crippen LogP contribution is 2.10. The fourth-order valence-corrected chi connectivity index (χ4v) is 1.20. The normalized spacial score (nSPS) is 10.1. The molecule has 1 aromatic heterocycles. The van der Waals surface area contributed by atoms with Crippen molar-refractivity contribution in [3.8, 4) is 0 Å². The smallest absolute Gasteiger partial charge is 0.147 e. The Labute approximate surface area is 95.5 Å². The molecule has 0 aliphatic heterocycles. The molecule has 0 bridgehead atoms. The minimum Gasteiger partial charge on any atom is -0.393 e. The van der Waals surface area contributed by atoms with Crippen molar-refractivity contribution in [2.45, 2.75) is 20.3 Å². The van der Waals surface area contributed by atoms with E-state index in [1.165, 1.54) is 0 Å². The van der Waals surface area contributed by atoms with Crippen LogP contribution in [0, 0.1) is 13.8 Å². The molecular formula is C10H16N4S. The second kappa shape index (κ2) is 5.02. The molecule has 0 aliphatic carbocycles. The zero-order chi connectivity index (χ0) is 11.4.